The minimum atomic E-state index is -0.242. The average molecular weight is 463 g/mol. The molecule has 8 heteroatoms. The summed E-state index contributed by atoms with van der Waals surface area (Å²) in [6, 6.07) is 11.6. The lowest BCUT2D eigenvalue weighted by molar-refractivity contribution is 0.0305. The second-order valence-corrected chi connectivity index (χ2v) is 8.90. The summed E-state index contributed by atoms with van der Waals surface area (Å²) in [5.74, 6) is 1.24. The molecular formula is C26H30N4O4. The first-order valence-electron chi connectivity index (χ1n) is 11.5. The lowest BCUT2D eigenvalue weighted by Gasteiger charge is -2.34. The summed E-state index contributed by atoms with van der Waals surface area (Å²) >= 11 is 0. The highest BCUT2D eigenvalue weighted by molar-refractivity contribution is 5.96. The fraction of sp³-hybridized carbons (Fsp3) is 0.385. The van der Waals surface area contributed by atoms with Crippen LogP contribution in [0.15, 0.2) is 47.2 Å². The van der Waals surface area contributed by atoms with E-state index >= 15 is 0 Å². The van der Waals surface area contributed by atoms with Gasteiger partial charge in [-0.05, 0) is 67.8 Å². The number of hydrogen-bond donors (Lipinski definition) is 0. The van der Waals surface area contributed by atoms with Gasteiger partial charge in [-0.25, -0.2) is 4.79 Å². The molecule has 3 heterocycles. The molecule has 2 atom stereocenters. The fourth-order valence-corrected chi connectivity index (χ4v) is 4.81. The number of ether oxygens (including phenoxy) is 3. The predicted octanol–water partition coefficient (Wildman–Crippen LogP) is 4.34. The number of morpholine rings is 1. The van der Waals surface area contributed by atoms with E-state index in [1.54, 1.807) is 32.4 Å². The van der Waals surface area contributed by atoms with Crippen molar-refractivity contribution in [2.75, 3.05) is 44.2 Å². The van der Waals surface area contributed by atoms with Crippen molar-refractivity contribution in [3.8, 4) is 11.5 Å². The Morgan fingerprint density at radius 1 is 1.03 bits per heavy atom. The standard InChI is InChI=1S/C26H30N4O4/c1-17-11-18-12-24(32-3)25(33-4)13-19(18)14-27-30(17)26(31)28(2)20-5-7-21(8-6-20)29-15-22-9-10-23(16-29)34-22/h5-8,11-14,22-23H,9-10,15-16H2,1-4H3. The summed E-state index contributed by atoms with van der Waals surface area (Å²) in [7, 11) is 4.96. The number of carbonyl (C=O) groups is 1. The number of amides is 2. The highest BCUT2D eigenvalue weighted by Crippen LogP contribution is 2.33. The van der Waals surface area contributed by atoms with Crippen molar-refractivity contribution in [2.24, 2.45) is 5.10 Å². The van der Waals surface area contributed by atoms with Crippen LogP contribution in [-0.4, -0.2) is 63.8 Å². The van der Waals surface area contributed by atoms with Gasteiger partial charge in [-0.3, -0.25) is 4.90 Å². The van der Waals surface area contributed by atoms with Gasteiger partial charge in [-0.1, -0.05) is 0 Å². The van der Waals surface area contributed by atoms with E-state index in [0.717, 1.165) is 48.4 Å². The molecule has 3 aliphatic rings. The molecule has 3 aliphatic heterocycles. The van der Waals surface area contributed by atoms with Crippen LogP contribution in [0.1, 0.15) is 30.9 Å². The third-order valence-corrected chi connectivity index (χ3v) is 6.71. The topological polar surface area (TPSA) is 66.8 Å². The van der Waals surface area contributed by atoms with E-state index < -0.39 is 0 Å². The van der Waals surface area contributed by atoms with E-state index in [1.165, 1.54) is 5.01 Å². The van der Waals surface area contributed by atoms with Crippen LogP contribution in [0.2, 0.25) is 0 Å². The predicted molar refractivity (Wildman–Crippen MR) is 133 cm³/mol. The lowest BCUT2D eigenvalue weighted by Crippen LogP contribution is -2.42. The summed E-state index contributed by atoms with van der Waals surface area (Å²) in [4.78, 5) is 17.3. The largest absolute Gasteiger partial charge is 0.493 e. The number of hydrazone groups is 1. The first-order chi connectivity index (χ1) is 16.5. The number of nitrogens with zero attached hydrogens (tertiary/aromatic N) is 4. The number of carbonyl (C=O) groups excluding carboxylic acids is 1. The number of rotatable bonds is 4. The average Bonchev–Trinajstić information content (AvgIpc) is 3.11. The first kappa shape index (κ1) is 22.3. The molecule has 2 aromatic carbocycles. The molecule has 2 bridgehead atoms. The third-order valence-electron chi connectivity index (χ3n) is 6.71. The first-order valence-corrected chi connectivity index (χ1v) is 11.5. The SMILES string of the molecule is COc1cc2c(cc1OC)C=C(C)N(C(=O)N(C)c1ccc(N3CC4CCC(C3)O4)cc1)N=C2. The van der Waals surface area contributed by atoms with Gasteiger partial charge in [-0.15, -0.1) is 0 Å². The molecule has 0 radical (unpaired) electrons. The maximum atomic E-state index is 13.4. The van der Waals surface area contributed by atoms with E-state index in [9.17, 15) is 4.79 Å². The maximum absolute atomic E-state index is 13.4. The van der Waals surface area contributed by atoms with Gasteiger partial charge >= 0.3 is 6.03 Å². The zero-order valence-corrected chi connectivity index (χ0v) is 20.0. The van der Waals surface area contributed by atoms with Crippen molar-refractivity contribution in [3.63, 3.8) is 0 Å². The molecule has 5 rings (SSSR count). The van der Waals surface area contributed by atoms with E-state index in [-0.39, 0.29) is 6.03 Å². The zero-order chi connectivity index (χ0) is 23.8. The molecule has 8 nitrogen and oxygen atoms in total. The van der Waals surface area contributed by atoms with Gasteiger partial charge in [-0.2, -0.15) is 10.1 Å². The monoisotopic (exact) mass is 462 g/mol. The van der Waals surface area contributed by atoms with Crippen LogP contribution in [0.3, 0.4) is 0 Å². The van der Waals surface area contributed by atoms with Crippen LogP contribution in [0.25, 0.3) is 6.08 Å². The Kier molecular flexibility index (Phi) is 5.91. The highest BCUT2D eigenvalue weighted by Gasteiger charge is 2.33. The molecule has 2 aromatic rings. The number of allylic oxidation sites excluding steroid dienone is 1. The normalized spacial score (nSPS) is 21.0. The van der Waals surface area contributed by atoms with Crippen LogP contribution in [0.5, 0.6) is 11.5 Å². The molecule has 0 N–H and O–H groups in total. The van der Waals surface area contributed by atoms with Gasteiger partial charge in [0.15, 0.2) is 11.5 Å². The number of benzene rings is 2. The molecule has 0 spiro atoms. The van der Waals surface area contributed by atoms with E-state index in [0.29, 0.717) is 29.4 Å². The maximum Gasteiger partial charge on any atom is 0.349 e. The minimum Gasteiger partial charge on any atom is -0.493 e. The zero-order valence-electron chi connectivity index (χ0n) is 20.0. The number of anilines is 2. The van der Waals surface area contributed by atoms with Gasteiger partial charge in [0.2, 0.25) is 0 Å². The van der Waals surface area contributed by atoms with Crippen molar-refractivity contribution in [2.45, 2.75) is 32.0 Å². The van der Waals surface area contributed by atoms with Crippen molar-refractivity contribution in [1.29, 1.82) is 0 Å². The number of fused-ring (bicyclic) bond motifs is 3. The van der Waals surface area contributed by atoms with Crippen LogP contribution >= 0.6 is 0 Å². The summed E-state index contributed by atoms with van der Waals surface area (Å²) < 4.78 is 16.8. The van der Waals surface area contributed by atoms with Crippen LogP contribution in [0, 0.1) is 0 Å². The molecule has 2 amide bonds. The molecule has 0 saturated carbocycles. The quantitative estimate of drug-likeness (QED) is 0.676. The van der Waals surface area contributed by atoms with Crippen molar-refractivity contribution in [1.82, 2.24) is 5.01 Å². The second-order valence-electron chi connectivity index (χ2n) is 8.90. The van der Waals surface area contributed by atoms with Crippen LogP contribution < -0.4 is 19.3 Å². The minimum absolute atomic E-state index is 0.242. The number of urea groups is 1. The van der Waals surface area contributed by atoms with E-state index in [4.69, 9.17) is 14.2 Å². The Bertz CT molecular complexity index is 1130. The Hall–Kier alpha value is -3.52. The highest BCUT2D eigenvalue weighted by atomic mass is 16.5. The summed E-state index contributed by atoms with van der Waals surface area (Å²) in [6.45, 7) is 3.71. The summed E-state index contributed by atoms with van der Waals surface area (Å²) in [5.41, 5.74) is 4.42. The van der Waals surface area contributed by atoms with E-state index in [2.05, 4.69) is 22.1 Å². The van der Waals surface area contributed by atoms with Crippen LogP contribution in [-0.2, 0) is 4.74 Å². The Balaban J connectivity index is 1.33. The fourth-order valence-electron chi connectivity index (χ4n) is 4.81. The molecule has 2 unspecified atom stereocenters. The Labute approximate surface area is 200 Å². The summed E-state index contributed by atoms with van der Waals surface area (Å²) in [6.07, 6.45) is 6.55. The molecule has 2 fully saturated rings. The molecule has 0 aromatic heterocycles. The van der Waals surface area contributed by atoms with Gasteiger partial charge in [0, 0.05) is 42.8 Å². The van der Waals surface area contributed by atoms with Gasteiger partial charge < -0.3 is 19.1 Å². The molecule has 34 heavy (non-hydrogen) atoms. The molecular weight excluding hydrogens is 432 g/mol. The van der Waals surface area contributed by atoms with Crippen molar-refractivity contribution in [3.05, 3.63) is 53.2 Å². The number of methoxy groups -OCH3 is 2. The molecule has 2 saturated heterocycles. The van der Waals surface area contributed by atoms with Gasteiger partial charge in [0.05, 0.1) is 32.6 Å². The van der Waals surface area contributed by atoms with Gasteiger partial charge in [0.1, 0.15) is 0 Å². The van der Waals surface area contributed by atoms with Crippen molar-refractivity contribution >= 4 is 29.7 Å². The van der Waals surface area contributed by atoms with Crippen molar-refractivity contribution < 1.29 is 19.0 Å². The molecule has 178 valence electrons. The van der Waals surface area contributed by atoms with Crippen LogP contribution in [0.4, 0.5) is 16.2 Å². The second kappa shape index (κ2) is 9.02. The third kappa shape index (κ3) is 4.09. The van der Waals surface area contributed by atoms with Gasteiger partial charge in [0.25, 0.3) is 0 Å². The Morgan fingerprint density at radius 2 is 1.65 bits per heavy atom. The smallest absolute Gasteiger partial charge is 0.349 e. The molecule has 0 aliphatic carbocycles. The Morgan fingerprint density at radius 3 is 2.26 bits per heavy atom. The van der Waals surface area contributed by atoms with E-state index in [1.807, 2.05) is 37.3 Å². The lowest BCUT2D eigenvalue weighted by atomic mass is 10.1. The summed E-state index contributed by atoms with van der Waals surface area (Å²) in [5, 5.41) is 5.88. The number of hydrogen-bond acceptors (Lipinski definition) is 6.